The fourth-order valence-electron chi connectivity index (χ4n) is 16.1. The van der Waals surface area contributed by atoms with Gasteiger partial charge in [0.05, 0.1) is 30.3 Å². The third kappa shape index (κ3) is 5.48. The largest absolute Gasteiger partial charge is 0.481 e. The highest BCUT2D eigenvalue weighted by molar-refractivity contribution is 6.02. The van der Waals surface area contributed by atoms with Gasteiger partial charge in [0.25, 0.3) is 0 Å². The number of ether oxygens (including phenoxy) is 1. The number of esters is 1. The van der Waals surface area contributed by atoms with Crippen LogP contribution in [0, 0.1) is 62.6 Å². The predicted molar refractivity (Wildman–Crippen MR) is 218 cm³/mol. The summed E-state index contributed by atoms with van der Waals surface area (Å²) in [6.07, 6.45) is 4.00. The number of aldehydes is 1. The molecule has 0 saturated heterocycles. The SMILES string of the molecule is C[C@@H]1CC2C3CCC4=CC(=O)C=C[C@]4(C)[C@@]3(F)[C@@H](O)C[C@]2(C)[C@@]1(O)C(CC=O)(C(=O)OCC(=O)[C@@]1(O)CCC2C3CCC4=CC(=O)C=C[C@]4(C)C3[C@@H](O)C[C@@]21C)C(O)CC(=O)O. The lowest BCUT2D eigenvalue weighted by Crippen LogP contribution is -2.73. The van der Waals surface area contributed by atoms with E-state index in [0.29, 0.717) is 31.3 Å². The quantitative estimate of drug-likeness (QED) is 0.136. The van der Waals surface area contributed by atoms with Crippen LogP contribution in [0.5, 0.6) is 0 Å². The van der Waals surface area contributed by atoms with Crippen LogP contribution >= 0.6 is 0 Å². The third-order valence-electron chi connectivity index (χ3n) is 19.1. The molecule has 0 bridgehead atoms. The number of aliphatic hydroxyl groups is 5. The predicted octanol–water partition coefficient (Wildman–Crippen LogP) is 3.87. The van der Waals surface area contributed by atoms with Gasteiger partial charge in [0.2, 0.25) is 5.78 Å². The highest BCUT2D eigenvalue weighted by atomic mass is 19.1. The topological polar surface area (TPSA) is 233 Å². The summed E-state index contributed by atoms with van der Waals surface area (Å²) in [4.78, 5) is 79.1. The van der Waals surface area contributed by atoms with Crippen molar-refractivity contribution in [2.45, 2.75) is 140 Å². The molecule has 6 N–H and O–H groups in total. The molecule has 0 radical (unpaired) electrons. The van der Waals surface area contributed by atoms with E-state index in [1.54, 1.807) is 33.8 Å². The summed E-state index contributed by atoms with van der Waals surface area (Å²) in [5, 5.41) is 71.6. The Morgan fingerprint density at radius 1 is 0.919 bits per heavy atom. The first-order valence-corrected chi connectivity index (χ1v) is 22.3. The number of carbonyl (C=O) groups is 6. The molecule has 0 heterocycles. The van der Waals surface area contributed by atoms with Crippen LogP contribution in [0.15, 0.2) is 47.6 Å². The van der Waals surface area contributed by atoms with E-state index in [4.69, 9.17) is 4.74 Å². The molecule has 17 atom stereocenters. The molecule has 8 rings (SSSR count). The first kappa shape index (κ1) is 44.9. The average molecular weight is 865 g/mol. The van der Waals surface area contributed by atoms with Gasteiger partial charge in [0, 0.05) is 39.9 Å². The molecule has 338 valence electrons. The summed E-state index contributed by atoms with van der Waals surface area (Å²) in [5.74, 6) is -7.71. The Morgan fingerprint density at radius 2 is 1.56 bits per heavy atom. The fourth-order valence-corrected chi connectivity index (χ4v) is 16.1. The number of hydrogen-bond acceptors (Lipinski definition) is 12. The van der Waals surface area contributed by atoms with Gasteiger partial charge in [0.15, 0.2) is 23.8 Å². The molecular formula is C48H61FO13. The minimum atomic E-state index is -2.75. The highest BCUT2D eigenvalue weighted by Gasteiger charge is 2.80. The Hall–Kier alpha value is -3.69. The van der Waals surface area contributed by atoms with Gasteiger partial charge in [-0.05, 0) is 113 Å². The number of rotatable bonds is 10. The van der Waals surface area contributed by atoms with Crippen LogP contribution in [-0.4, -0.2) is 108 Å². The van der Waals surface area contributed by atoms with Crippen LogP contribution in [0.25, 0.3) is 0 Å². The van der Waals surface area contributed by atoms with E-state index < -0.39 is 124 Å². The van der Waals surface area contributed by atoms with Gasteiger partial charge in [-0.1, -0.05) is 51.0 Å². The summed E-state index contributed by atoms with van der Waals surface area (Å²) in [6, 6.07) is 0. The van der Waals surface area contributed by atoms with Crippen molar-refractivity contribution in [3.05, 3.63) is 47.6 Å². The zero-order valence-corrected chi connectivity index (χ0v) is 36.1. The first-order chi connectivity index (χ1) is 28.9. The number of ketones is 3. The summed E-state index contributed by atoms with van der Waals surface area (Å²) >= 11 is 0. The van der Waals surface area contributed by atoms with E-state index in [0.717, 1.165) is 5.57 Å². The van der Waals surface area contributed by atoms with Gasteiger partial charge in [-0.3, -0.25) is 24.0 Å². The number of hydrogen-bond donors (Lipinski definition) is 6. The number of aliphatic hydroxyl groups excluding tert-OH is 3. The second-order valence-electron chi connectivity index (χ2n) is 21.2. The van der Waals surface area contributed by atoms with Gasteiger partial charge in [-0.15, -0.1) is 0 Å². The normalized spacial score (nSPS) is 47.9. The van der Waals surface area contributed by atoms with Crippen molar-refractivity contribution in [2.24, 2.45) is 62.6 Å². The smallest absolute Gasteiger partial charge is 0.318 e. The minimum absolute atomic E-state index is 0.0144. The van der Waals surface area contributed by atoms with Crippen molar-refractivity contribution in [1.82, 2.24) is 0 Å². The van der Waals surface area contributed by atoms with Crippen molar-refractivity contribution in [2.75, 3.05) is 6.61 Å². The molecule has 0 aromatic carbocycles. The number of aliphatic carboxylic acids is 1. The van der Waals surface area contributed by atoms with Gasteiger partial charge < -0.3 is 40.2 Å². The van der Waals surface area contributed by atoms with E-state index in [1.165, 1.54) is 24.3 Å². The minimum Gasteiger partial charge on any atom is -0.481 e. The Morgan fingerprint density at radius 3 is 2.23 bits per heavy atom. The average Bonchev–Trinajstić information content (AvgIpc) is 3.58. The number of carbonyl (C=O) groups excluding carboxylic acids is 5. The molecule has 13 nitrogen and oxygen atoms in total. The molecule has 6 saturated carbocycles. The molecule has 0 spiro atoms. The van der Waals surface area contributed by atoms with Crippen molar-refractivity contribution in [3.63, 3.8) is 0 Å². The lowest BCUT2D eigenvalue weighted by Gasteiger charge is -2.64. The maximum Gasteiger partial charge on any atom is 0.318 e. The molecule has 0 amide bonds. The molecular weight excluding hydrogens is 804 g/mol. The standard InChI is InChI=1S/C48H61FO13/c1-25-18-33-32-9-7-27-20-29(52)11-14-42(27,3)47(32,49)36(55)23-44(33,5)48(25,61)45(16-17-50,35(54)21-38(57)58)40(59)62-24-37(56)46(60)15-12-31-30-8-6-26-19-28(51)10-13-41(26,2)39(30)34(53)22-43(31,46)4/h10-11,13-14,17,19-20,25,30-36,39,53-55,60-61H,6-9,12,15-16,18,21-24H2,1-5H3,(H,57,58)/t25-,30?,31?,32?,33?,34+,35?,36+,39?,41+,42+,43+,44+,45?,46+,47+,48-/m1/s1. The molecule has 8 aliphatic rings. The highest BCUT2D eigenvalue weighted by Crippen LogP contribution is 2.74. The molecule has 0 aliphatic heterocycles. The fraction of sp³-hybridized carbons (Fsp3) is 0.708. The number of allylic oxidation sites excluding steroid dienone is 8. The van der Waals surface area contributed by atoms with E-state index in [1.807, 2.05) is 13.0 Å². The lowest BCUT2D eigenvalue weighted by molar-refractivity contribution is -0.265. The summed E-state index contributed by atoms with van der Waals surface area (Å²) in [5.41, 5.74) is -13.0. The van der Waals surface area contributed by atoms with Gasteiger partial charge in [-0.25, -0.2) is 4.39 Å². The molecule has 14 heteroatoms. The molecule has 7 unspecified atom stereocenters. The van der Waals surface area contributed by atoms with Crippen molar-refractivity contribution in [3.8, 4) is 0 Å². The molecule has 62 heavy (non-hydrogen) atoms. The van der Waals surface area contributed by atoms with Crippen LogP contribution in [-0.2, 0) is 33.5 Å². The van der Waals surface area contributed by atoms with E-state index in [9.17, 15) is 59.4 Å². The number of halogens is 1. The second kappa shape index (κ2) is 14.4. The van der Waals surface area contributed by atoms with Crippen LogP contribution < -0.4 is 0 Å². The van der Waals surface area contributed by atoms with Crippen molar-refractivity contribution >= 4 is 35.6 Å². The second-order valence-corrected chi connectivity index (χ2v) is 21.2. The third-order valence-corrected chi connectivity index (χ3v) is 19.1. The zero-order chi connectivity index (χ0) is 45.4. The number of fused-ring (bicyclic) bond motifs is 10. The number of carboxylic acids is 1. The summed E-state index contributed by atoms with van der Waals surface area (Å²) < 4.78 is 23.8. The van der Waals surface area contributed by atoms with Gasteiger partial charge >= 0.3 is 11.9 Å². The van der Waals surface area contributed by atoms with Crippen LogP contribution in [0.3, 0.4) is 0 Å². The van der Waals surface area contributed by atoms with Crippen molar-refractivity contribution in [1.29, 1.82) is 0 Å². The van der Waals surface area contributed by atoms with E-state index >= 15 is 4.39 Å². The molecule has 0 aromatic rings. The van der Waals surface area contributed by atoms with E-state index in [-0.39, 0.29) is 61.3 Å². The van der Waals surface area contributed by atoms with Crippen molar-refractivity contribution < 1.29 is 68.5 Å². The number of carboxylic acid groups (broad SMARTS) is 1. The Kier molecular flexibility index (Phi) is 10.4. The number of alkyl halides is 1. The maximum absolute atomic E-state index is 18.0. The summed E-state index contributed by atoms with van der Waals surface area (Å²) in [6.45, 7) is 7.42. The van der Waals surface area contributed by atoms with Crippen LogP contribution in [0.1, 0.15) is 105 Å². The number of Topliss-reactive ketones (excluding diaryl/α,β-unsaturated/α-hetero) is 1. The first-order valence-electron chi connectivity index (χ1n) is 22.3. The molecule has 6 fully saturated rings. The molecule has 0 aromatic heterocycles. The molecule has 8 aliphatic carbocycles. The monoisotopic (exact) mass is 864 g/mol. The maximum atomic E-state index is 18.0. The van der Waals surface area contributed by atoms with Gasteiger partial charge in [0.1, 0.15) is 17.3 Å². The van der Waals surface area contributed by atoms with Gasteiger partial charge in [-0.2, -0.15) is 0 Å². The summed E-state index contributed by atoms with van der Waals surface area (Å²) in [7, 11) is 0. The lowest BCUT2D eigenvalue weighted by atomic mass is 9.42. The zero-order valence-electron chi connectivity index (χ0n) is 36.1. The van der Waals surface area contributed by atoms with E-state index in [2.05, 4.69) is 0 Å². The Labute approximate surface area is 360 Å². The Bertz CT molecular complexity index is 2130. The Balaban J connectivity index is 1.11. The van der Waals surface area contributed by atoms with Crippen LogP contribution in [0.4, 0.5) is 4.39 Å². The van der Waals surface area contributed by atoms with Crippen LogP contribution in [0.2, 0.25) is 0 Å².